The number of benzene rings is 1. The Morgan fingerprint density at radius 1 is 1.33 bits per heavy atom. The van der Waals surface area contributed by atoms with Crippen molar-refractivity contribution in [1.82, 2.24) is 0 Å². The van der Waals surface area contributed by atoms with E-state index in [4.69, 9.17) is 4.74 Å². The van der Waals surface area contributed by atoms with Crippen LogP contribution in [-0.2, 0) is 0 Å². The lowest BCUT2D eigenvalue weighted by Gasteiger charge is -2.25. The summed E-state index contributed by atoms with van der Waals surface area (Å²) in [7, 11) is 1.62. The molecule has 1 aliphatic rings. The Morgan fingerprint density at radius 3 is 2.39 bits per heavy atom. The molecule has 0 fully saturated rings. The summed E-state index contributed by atoms with van der Waals surface area (Å²) in [6.45, 7) is 8.03. The minimum Gasteiger partial charge on any atom is -0.497 e. The number of carbonyl (C=O) groups is 1. The highest BCUT2D eigenvalue weighted by molar-refractivity contribution is 6.03. The molecule has 0 N–H and O–H groups in total. The molecule has 94 valence electrons. The van der Waals surface area contributed by atoms with Gasteiger partial charge in [-0.1, -0.05) is 18.2 Å². The Morgan fingerprint density at radius 2 is 1.94 bits per heavy atom. The molecule has 0 aliphatic heterocycles. The van der Waals surface area contributed by atoms with E-state index in [0.29, 0.717) is 5.56 Å². The molecule has 0 bridgehead atoms. The summed E-state index contributed by atoms with van der Waals surface area (Å²) in [6.07, 6.45) is 2.83. The van der Waals surface area contributed by atoms with Gasteiger partial charge in [-0.3, -0.25) is 4.79 Å². The summed E-state index contributed by atoms with van der Waals surface area (Å²) in [5, 5.41) is 0. The molecular weight excluding hydrogens is 224 g/mol. The average molecular weight is 242 g/mol. The van der Waals surface area contributed by atoms with Gasteiger partial charge in [0.2, 0.25) is 0 Å². The van der Waals surface area contributed by atoms with Crippen LogP contribution in [0.15, 0.2) is 48.1 Å². The Labute approximate surface area is 108 Å². The molecule has 0 unspecified atom stereocenters. The van der Waals surface area contributed by atoms with Gasteiger partial charge in [0.25, 0.3) is 0 Å². The second kappa shape index (κ2) is 4.45. The van der Waals surface area contributed by atoms with E-state index in [9.17, 15) is 4.79 Å². The quantitative estimate of drug-likeness (QED) is 0.754. The average Bonchev–Trinajstić information content (AvgIpc) is 2.67. The van der Waals surface area contributed by atoms with Crippen molar-refractivity contribution >= 4 is 5.78 Å². The van der Waals surface area contributed by atoms with Crippen LogP contribution in [0, 0.1) is 5.41 Å². The molecule has 18 heavy (non-hydrogen) atoms. The fraction of sp³-hybridized carbons (Fsp3) is 0.312. The topological polar surface area (TPSA) is 26.3 Å². The van der Waals surface area contributed by atoms with Crippen molar-refractivity contribution in [1.29, 1.82) is 0 Å². The van der Waals surface area contributed by atoms with Crippen molar-refractivity contribution in [3.63, 3.8) is 0 Å². The molecule has 2 nitrogen and oxygen atoms in total. The molecule has 0 spiro atoms. The van der Waals surface area contributed by atoms with Gasteiger partial charge in [0.05, 0.1) is 12.5 Å². The zero-order valence-corrected chi connectivity index (χ0v) is 11.1. The first-order chi connectivity index (χ1) is 8.49. The molecule has 0 heterocycles. The lowest BCUT2D eigenvalue weighted by molar-refractivity contribution is 0.0868. The molecule has 1 aliphatic carbocycles. The van der Waals surface area contributed by atoms with E-state index in [1.807, 2.05) is 38.1 Å². The van der Waals surface area contributed by atoms with E-state index in [1.165, 1.54) is 0 Å². The summed E-state index contributed by atoms with van der Waals surface area (Å²) in [5.41, 5.74) is 2.28. The van der Waals surface area contributed by atoms with Gasteiger partial charge >= 0.3 is 0 Å². The van der Waals surface area contributed by atoms with Crippen molar-refractivity contribution in [2.45, 2.75) is 20.3 Å². The first-order valence-corrected chi connectivity index (χ1v) is 6.04. The standard InChI is InChI=1S/C16H18O2/c1-11-9-10-16(3,12(11)2)15(17)13-5-7-14(18-4)8-6-13/h5-9H,2,10H2,1,3-4H3/t16-/m1/s1. The van der Waals surface area contributed by atoms with Crippen LogP contribution < -0.4 is 4.74 Å². The second-order valence-corrected chi connectivity index (χ2v) is 4.96. The predicted molar refractivity (Wildman–Crippen MR) is 72.9 cm³/mol. The van der Waals surface area contributed by atoms with E-state index in [1.54, 1.807) is 7.11 Å². The summed E-state index contributed by atoms with van der Waals surface area (Å²) >= 11 is 0. The number of methoxy groups -OCH3 is 1. The van der Waals surface area contributed by atoms with E-state index < -0.39 is 5.41 Å². The summed E-state index contributed by atoms with van der Waals surface area (Å²) < 4.78 is 5.10. The number of carbonyl (C=O) groups excluding carboxylic acids is 1. The summed E-state index contributed by atoms with van der Waals surface area (Å²) in [5.74, 6) is 0.888. The maximum Gasteiger partial charge on any atom is 0.173 e. The van der Waals surface area contributed by atoms with E-state index in [0.717, 1.165) is 23.3 Å². The highest BCUT2D eigenvalue weighted by atomic mass is 16.5. The monoisotopic (exact) mass is 242 g/mol. The van der Waals surface area contributed by atoms with Gasteiger partial charge in [-0.15, -0.1) is 0 Å². The third-order valence-corrected chi connectivity index (χ3v) is 3.81. The van der Waals surface area contributed by atoms with Crippen LogP contribution in [0.25, 0.3) is 0 Å². The molecule has 0 saturated carbocycles. The van der Waals surface area contributed by atoms with Crippen LogP contribution >= 0.6 is 0 Å². The number of allylic oxidation sites excluding steroid dienone is 3. The first-order valence-electron chi connectivity index (χ1n) is 6.04. The summed E-state index contributed by atoms with van der Waals surface area (Å²) in [6, 6.07) is 7.25. The van der Waals surface area contributed by atoms with Crippen LogP contribution in [-0.4, -0.2) is 12.9 Å². The maximum absolute atomic E-state index is 12.6. The van der Waals surface area contributed by atoms with Gasteiger partial charge < -0.3 is 4.74 Å². The fourth-order valence-electron chi connectivity index (χ4n) is 2.33. The van der Waals surface area contributed by atoms with Gasteiger partial charge in [0.15, 0.2) is 5.78 Å². The number of ketones is 1. The molecule has 2 rings (SSSR count). The summed E-state index contributed by atoms with van der Waals surface area (Å²) in [4.78, 5) is 12.6. The molecule has 2 heteroatoms. The van der Waals surface area contributed by atoms with Crippen molar-refractivity contribution in [2.24, 2.45) is 5.41 Å². The van der Waals surface area contributed by atoms with Gasteiger partial charge in [-0.2, -0.15) is 0 Å². The van der Waals surface area contributed by atoms with Crippen molar-refractivity contribution in [3.8, 4) is 5.75 Å². The molecule has 0 amide bonds. The third kappa shape index (κ3) is 1.88. The Bertz CT molecular complexity index is 523. The van der Waals surface area contributed by atoms with Gasteiger partial charge in [0.1, 0.15) is 5.75 Å². The normalized spacial score (nSPS) is 22.8. The lowest BCUT2D eigenvalue weighted by atomic mass is 9.76. The molecular formula is C16H18O2. The minimum absolute atomic E-state index is 0.128. The molecule has 0 saturated heterocycles. The molecule has 1 aromatic carbocycles. The Hall–Kier alpha value is -1.83. The lowest BCUT2D eigenvalue weighted by Crippen LogP contribution is -2.27. The van der Waals surface area contributed by atoms with Crippen LogP contribution in [0.4, 0.5) is 0 Å². The maximum atomic E-state index is 12.6. The highest BCUT2D eigenvalue weighted by Gasteiger charge is 2.39. The van der Waals surface area contributed by atoms with E-state index in [2.05, 4.69) is 12.7 Å². The molecule has 0 aromatic heterocycles. The van der Waals surface area contributed by atoms with Gasteiger partial charge in [0, 0.05) is 5.56 Å². The molecule has 0 radical (unpaired) electrons. The largest absolute Gasteiger partial charge is 0.497 e. The predicted octanol–water partition coefficient (Wildman–Crippen LogP) is 3.79. The van der Waals surface area contributed by atoms with E-state index in [-0.39, 0.29) is 5.78 Å². The van der Waals surface area contributed by atoms with Gasteiger partial charge in [-0.05, 0) is 50.1 Å². The fourth-order valence-corrected chi connectivity index (χ4v) is 2.33. The Balaban J connectivity index is 2.29. The zero-order chi connectivity index (χ0) is 13.3. The van der Waals surface area contributed by atoms with E-state index >= 15 is 0 Å². The number of hydrogen-bond acceptors (Lipinski definition) is 2. The molecule has 1 atom stereocenters. The third-order valence-electron chi connectivity index (χ3n) is 3.81. The zero-order valence-electron chi connectivity index (χ0n) is 11.1. The minimum atomic E-state index is -0.487. The Kier molecular flexibility index (Phi) is 3.12. The highest BCUT2D eigenvalue weighted by Crippen LogP contribution is 2.43. The van der Waals surface area contributed by atoms with Gasteiger partial charge in [-0.25, -0.2) is 0 Å². The smallest absolute Gasteiger partial charge is 0.173 e. The SMILES string of the molecule is C=C1C(C)=CC[C@@]1(C)C(=O)c1ccc(OC)cc1. The first kappa shape index (κ1) is 12.6. The number of Topliss-reactive ketones (excluding diaryl/α,β-unsaturated/α-hetero) is 1. The van der Waals surface area contributed by atoms with Crippen molar-refractivity contribution in [2.75, 3.05) is 7.11 Å². The van der Waals surface area contributed by atoms with Crippen LogP contribution in [0.1, 0.15) is 30.6 Å². The van der Waals surface area contributed by atoms with Crippen LogP contribution in [0.2, 0.25) is 0 Å². The van der Waals surface area contributed by atoms with Crippen LogP contribution in [0.5, 0.6) is 5.75 Å². The number of hydrogen-bond donors (Lipinski definition) is 0. The van der Waals surface area contributed by atoms with Crippen molar-refractivity contribution in [3.05, 3.63) is 53.6 Å². The number of ether oxygens (including phenoxy) is 1. The number of rotatable bonds is 3. The van der Waals surface area contributed by atoms with Crippen LogP contribution in [0.3, 0.4) is 0 Å². The second-order valence-electron chi connectivity index (χ2n) is 4.96. The van der Waals surface area contributed by atoms with Crippen molar-refractivity contribution < 1.29 is 9.53 Å². The molecule has 1 aromatic rings.